The summed E-state index contributed by atoms with van der Waals surface area (Å²) in [7, 11) is 2.94. The second-order valence-electron chi connectivity index (χ2n) is 4.39. The lowest BCUT2D eigenvalue weighted by Gasteiger charge is -2.31. The lowest BCUT2D eigenvalue weighted by molar-refractivity contribution is 0.0926. The molecule has 0 aliphatic carbocycles. The summed E-state index contributed by atoms with van der Waals surface area (Å²) in [6.45, 7) is 3.97. The summed E-state index contributed by atoms with van der Waals surface area (Å²) in [5, 5.41) is 0.963. The van der Waals surface area contributed by atoms with Crippen LogP contribution in [0.1, 0.15) is 26.7 Å². The van der Waals surface area contributed by atoms with Crippen LogP contribution in [0.4, 0.5) is 0 Å². The highest BCUT2D eigenvalue weighted by molar-refractivity contribution is 6.70. The van der Waals surface area contributed by atoms with E-state index in [4.69, 9.17) is 31.3 Å². The average molecular weight is 367 g/mol. The zero-order valence-corrected chi connectivity index (χ0v) is 17.4. The first-order valence-corrected chi connectivity index (χ1v) is 10.8. The van der Waals surface area contributed by atoms with Crippen LogP contribution in [0.5, 0.6) is 0 Å². The molecule has 7 nitrogen and oxygen atoms in total. The summed E-state index contributed by atoms with van der Waals surface area (Å²) < 4.78 is 39.2. The SMILES string of the molecule is CC/C=C(\O/C(=C\CC)[Si](OC)(OC)OC)[Si](OC)(OC)OC. The molecule has 0 atom stereocenters. The van der Waals surface area contributed by atoms with Gasteiger partial charge in [0.25, 0.3) is 0 Å². The Morgan fingerprint density at radius 3 is 1.04 bits per heavy atom. The van der Waals surface area contributed by atoms with E-state index in [9.17, 15) is 0 Å². The highest BCUT2D eigenvalue weighted by atomic mass is 28.4. The largest absolute Gasteiger partial charge is 0.573 e. The van der Waals surface area contributed by atoms with Crippen LogP contribution in [-0.4, -0.2) is 60.3 Å². The Kier molecular flexibility index (Phi) is 10.8. The summed E-state index contributed by atoms with van der Waals surface area (Å²) in [6.07, 6.45) is 5.18. The molecule has 0 heterocycles. The standard InChI is InChI=1S/C14H30O7Si2/c1-9-11-13(22(15-3,16-4)17-5)21-14(12-10-2)23(18-6,19-7)20-8/h11-12H,9-10H2,1-8H3/b13-11+,14-12+. The lowest BCUT2D eigenvalue weighted by Crippen LogP contribution is -2.50. The molecule has 0 aliphatic rings. The van der Waals surface area contributed by atoms with Gasteiger partial charge in [-0.3, -0.25) is 0 Å². The molecule has 136 valence electrons. The van der Waals surface area contributed by atoms with Gasteiger partial charge in [0.05, 0.1) is 0 Å². The number of ether oxygens (including phenoxy) is 1. The van der Waals surface area contributed by atoms with Crippen molar-refractivity contribution in [2.24, 2.45) is 0 Å². The molecular weight excluding hydrogens is 336 g/mol. The summed E-state index contributed by atoms with van der Waals surface area (Å²) >= 11 is 0. The molecule has 0 radical (unpaired) electrons. The van der Waals surface area contributed by atoms with E-state index >= 15 is 0 Å². The van der Waals surface area contributed by atoms with Gasteiger partial charge in [0.1, 0.15) is 0 Å². The predicted octanol–water partition coefficient (Wildman–Crippen LogP) is 2.43. The average Bonchev–Trinajstić information content (AvgIpc) is 2.59. The predicted molar refractivity (Wildman–Crippen MR) is 91.4 cm³/mol. The van der Waals surface area contributed by atoms with E-state index in [1.807, 2.05) is 26.0 Å². The molecule has 0 saturated carbocycles. The van der Waals surface area contributed by atoms with E-state index < -0.39 is 17.6 Å². The van der Waals surface area contributed by atoms with Crippen molar-refractivity contribution in [3.8, 4) is 0 Å². The van der Waals surface area contributed by atoms with Gasteiger partial charge in [0.15, 0.2) is 10.8 Å². The number of allylic oxidation sites excluding steroid dienone is 2. The smallest absolute Gasteiger partial charge is 0.460 e. The van der Waals surface area contributed by atoms with E-state index in [0.717, 1.165) is 12.8 Å². The molecule has 0 aromatic heterocycles. The zero-order chi connectivity index (χ0) is 17.9. The van der Waals surface area contributed by atoms with Crippen LogP contribution in [0.3, 0.4) is 0 Å². The van der Waals surface area contributed by atoms with Crippen molar-refractivity contribution in [2.45, 2.75) is 26.7 Å². The van der Waals surface area contributed by atoms with Gasteiger partial charge in [-0.05, 0) is 25.0 Å². The van der Waals surface area contributed by atoms with Crippen molar-refractivity contribution in [1.29, 1.82) is 0 Å². The summed E-state index contributed by atoms with van der Waals surface area (Å²) in [5.74, 6) is 0. The molecule has 23 heavy (non-hydrogen) atoms. The third-order valence-electron chi connectivity index (χ3n) is 3.21. The second-order valence-corrected chi connectivity index (χ2v) is 10.1. The maximum absolute atomic E-state index is 6.10. The summed E-state index contributed by atoms with van der Waals surface area (Å²) in [4.78, 5) is 0. The maximum atomic E-state index is 6.10. The third-order valence-corrected chi connectivity index (χ3v) is 8.26. The minimum atomic E-state index is -3.12. The van der Waals surface area contributed by atoms with Crippen molar-refractivity contribution in [2.75, 3.05) is 42.7 Å². The van der Waals surface area contributed by atoms with E-state index in [1.165, 1.54) is 42.7 Å². The Labute approximate surface area is 141 Å². The van der Waals surface area contributed by atoms with Crippen molar-refractivity contribution in [3.63, 3.8) is 0 Å². The van der Waals surface area contributed by atoms with Crippen LogP contribution in [0.2, 0.25) is 0 Å². The highest BCUT2D eigenvalue weighted by Crippen LogP contribution is 2.28. The van der Waals surface area contributed by atoms with Crippen LogP contribution in [0, 0.1) is 0 Å². The van der Waals surface area contributed by atoms with Crippen molar-refractivity contribution in [3.05, 3.63) is 22.9 Å². The summed E-state index contributed by atoms with van der Waals surface area (Å²) in [5.41, 5.74) is 0. The first kappa shape index (κ1) is 22.5. The second kappa shape index (κ2) is 11.1. The first-order chi connectivity index (χ1) is 11.0. The van der Waals surface area contributed by atoms with Gasteiger partial charge >= 0.3 is 17.6 Å². The molecule has 0 bridgehead atoms. The number of rotatable bonds is 12. The van der Waals surface area contributed by atoms with Gasteiger partial charge < -0.3 is 31.3 Å². The fourth-order valence-electron chi connectivity index (χ4n) is 2.05. The van der Waals surface area contributed by atoms with Crippen LogP contribution in [0.15, 0.2) is 22.9 Å². The molecule has 0 aromatic rings. The van der Waals surface area contributed by atoms with Gasteiger partial charge in [-0.1, -0.05) is 13.8 Å². The van der Waals surface area contributed by atoms with Gasteiger partial charge in [-0.15, -0.1) is 0 Å². The monoisotopic (exact) mass is 366 g/mol. The molecule has 0 saturated heterocycles. The van der Waals surface area contributed by atoms with Crippen molar-refractivity contribution in [1.82, 2.24) is 0 Å². The van der Waals surface area contributed by atoms with E-state index in [1.54, 1.807) is 0 Å². The molecule has 0 aromatic carbocycles. The Balaban J connectivity index is 5.86. The van der Waals surface area contributed by atoms with Gasteiger partial charge in [-0.25, -0.2) is 0 Å². The number of hydrogen-bond donors (Lipinski definition) is 0. The van der Waals surface area contributed by atoms with E-state index in [2.05, 4.69) is 0 Å². The fourth-order valence-corrected chi connectivity index (χ4v) is 5.74. The minimum Gasteiger partial charge on any atom is -0.460 e. The topological polar surface area (TPSA) is 64.6 Å². The first-order valence-electron chi connectivity index (χ1n) is 7.39. The molecule has 0 rings (SSSR count). The van der Waals surface area contributed by atoms with Crippen molar-refractivity contribution < 1.29 is 31.3 Å². The Hall–Kier alpha value is -0.526. The van der Waals surface area contributed by atoms with E-state index in [-0.39, 0.29) is 0 Å². The van der Waals surface area contributed by atoms with Crippen LogP contribution in [-0.2, 0) is 31.3 Å². The molecule has 0 spiro atoms. The quantitative estimate of drug-likeness (QED) is 0.388. The molecular formula is C14H30O7Si2. The minimum absolute atomic E-state index is 0.482. The van der Waals surface area contributed by atoms with Crippen LogP contribution in [0.25, 0.3) is 0 Å². The van der Waals surface area contributed by atoms with Gasteiger partial charge in [-0.2, -0.15) is 0 Å². The molecule has 0 fully saturated rings. The molecule has 9 heteroatoms. The number of hydrogen-bond acceptors (Lipinski definition) is 7. The Morgan fingerprint density at radius 1 is 0.609 bits per heavy atom. The highest BCUT2D eigenvalue weighted by Gasteiger charge is 2.51. The van der Waals surface area contributed by atoms with Gasteiger partial charge in [0.2, 0.25) is 0 Å². The third kappa shape index (κ3) is 5.23. The maximum Gasteiger partial charge on any atom is 0.573 e. The summed E-state index contributed by atoms with van der Waals surface area (Å²) in [6, 6.07) is 0. The molecule has 0 N–H and O–H groups in total. The Bertz CT molecular complexity index is 338. The van der Waals surface area contributed by atoms with Gasteiger partial charge in [0, 0.05) is 42.7 Å². The molecule has 0 unspecified atom stereocenters. The molecule has 0 aliphatic heterocycles. The fraction of sp³-hybridized carbons (Fsp3) is 0.714. The Morgan fingerprint density at radius 2 is 0.870 bits per heavy atom. The van der Waals surface area contributed by atoms with Crippen LogP contribution >= 0.6 is 0 Å². The van der Waals surface area contributed by atoms with E-state index in [0.29, 0.717) is 10.8 Å². The van der Waals surface area contributed by atoms with Crippen LogP contribution < -0.4 is 0 Å². The van der Waals surface area contributed by atoms with Crippen molar-refractivity contribution >= 4 is 17.6 Å². The molecule has 0 amide bonds. The zero-order valence-electron chi connectivity index (χ0n) is 15.4. The lowest BCUT2D eigenvalue weighted by atomic mass is 10.5. The normalized spacial score (nSPS) is 14.3.